The third kappa shape index (κ3) is 5.53. The molecular formula is C15H21NO2. The zero-order valence-electron chi connectivity index (χ0n) is 10.9. The summed E-state index contributed by atoms with van der Waals surface area (Å²) in [6, 6.07) is 6.95. The summed E-state index contributed by atoms with van der Waals surface area (Å²) in [6.07, 6.45) is 8.79. The van der Waals surface area contributed by atoms with Gasteiger partial charge in [-0.2, -0.15) is 0 Å². The van der Waals surface area contributed by atoms with Gasteiger partial charge in [0, 0.05) is 5.56 Å². The molecule has 0 aromatic heterocycles. The molecule has 98 valence electrons. The third-order valence-corrected chi connectivity index (χ3v) is 2.56. The Morgan fingerprint density at radius 2 is 2.11 bits per heavy atom. The van der Waals surface area contributed by atoms with Crippen LogP contribution in [0.15, 0.2) is 36.4 Å². The van der Waals surface area contributed by atoms with Gasteiger partial charge in [0.15, 0.2) is 0 Å². The van der Waals surface area contributed by atoms with E-state index < -0.39 is 5.91 Å². The van der Waals surface area contributed by atoms with E-state index in [0.29, 0.717) is 17.9 Å². The van der Waals surface area contributed by atoms with Crippen LogP contribution in [0, 0.1) is 0 Å². The van der Waals surface area contributed by atoms with Crippen molar-refractivity contribution >= 4 is 5.91 Å². The number of unbranched alkanes of at least 4 members (excludes halogenated alkanes) is 2. The van der Waals surface area contributed by atoms with E-state index in [1.165, 1.54) is 12.8 Å². The van der Waals surface area contributed by atoms with Gasteiger partial charge in [-0.3, -0.25) is 4.79 Å². The lowest BCUT2D eigenvalue weighted by atomic mass is 10.2. The highest BCUT2D eigenvalue weighted by molar-refractivity contribution is 5.93. The Morgan fingerprint density at radius 1 is 1.33 bits per heavy atom. The second kappa shape index (κ2) is 8.34. The van der Waals surface area contributed by atoms with Crippen LogP contribution in [-0.2, 0) is 0 Å². The van der Waals surface area contributed by atoms with Gasteiger partial charge in [-0.25, -0.2) is 0 Å². The topological polar surface area (TPSA) is 52.3 Å². The van der Waals surface area contributed by atoms with E-state index in [0.717, 1.165) is 12.8 Å². The summed E-state index contributed by atoms with van der Waals surface area (Å²) in [5.74, 6) is 0.258. The first-order valence-corrected chi connectivity index (χ1v) is 6.41. The van der Waals surface area contributed by atoms with Crippen molar-refractivity contribution in [3.05, 3.63) is 42.0 Å². The van der Waals surface area contributed by atoms with Gasteiger partial charge in [-0.1, -0.05) is 38.0 Å². The molecule has 0 saturated heterocycles. The standard InChI is InChI=1S/C15H21NO2/c1-2-3-4-5-6-7-11-18-14-10-8-9-13(12-14)15(16)17/h5-6,8-10,12H,2-4,7,11H2,1H3,(H2,16,17)/b6-5+. The van der Waals surface area contributed by atoms with E-state index in [1.807, 2.05) is 6.07 Å². The summed E-state index contributed by atoms with van der Waals surface area (Å²) in [5.41, 5.74) is 5.68. The Balaban J connectivity index is 2.29. The molecule has 3 heteroatoms. The smallest absolute Gasteiger partial charge is 0.248 e. The molecule has 0 radical (unpaired) electrons. The molecule has 0 unspecified atom stereocenters. The van der Waals surface area contributed by atoms with E-state index in [-0.39, 0.29) is 0 Å². The molecule has 0 atom stereocenters. The fourth-order valence-electron chi connectivity index (χ4n) is 1.54. The summed E-state index contributed by atoms with van der Waals surface area (Å²) in [7, 11) is 0. The van der Waals surface area contributed by atoms with Crippen molar-refractivity contribution in [3.63, 3.8) is 0 Å². The van der Waals surface area contributed by atoms with Crippen LogP contribution in [0.25, 0.3) is 0 Å². The van der Waals surface area contributed by atoms with Crippen LogP contribution < -0.4 is 10.5 Å². The van der Waals surface area contributed by atoms with Gasteiger partial charge in [0.2, 0.25) is 5.91 Å². The number of nitrogens with two attached hydrogens (primary N) is 1. The summed E-state index contributed by atoms with van der Waals surface area (Å²) in [5, 5.41) is 0. The number of primary amides is 1. The maximum atomic E-state index is 11.0. The number of benzene rings is 1. The molecule has 1 amide bonds. The van der Waals surface area contributed by atoms with Gasteiger partial charge in [0.25, 0.3) is 0 Å². The normalized spacial score (nSPS) is 10.7. The number of carbonyl (C=O) groups excluding carboxylic acids is 1. The molecule has 1 rings (SSSR count). The second-order valence-electron chi connectivity index (χ2n) is 4.14. The fourth-order valence-corrected chi connectivity index (χ4v) is 1.54. The number of allylic oxidation sites excluding steroid dienone is 1. The minimum absolute atomic E-state index is 0.431. The molecule has 0 bridgehead atoms. The number of ether oxygens (including phenoxy) is 1. The van der Waals surface area contributed by atoms with Crippen molar-refractivity contribution in [2.45, 2.75) is 32.6 Å². The Labute approximate surface area is 109 Å². The first-order chi connectivity index (χ1) is 8.74. The zero-order chi connectivity index (χ0) is 13.2. The van der Waals surface area contributed by atoms with E-state index in [2.05, 4.69) is 19.1 Å². The molecule has 1 aromatic rings. The van der Waals surface area contributed by atoms with E-state index >= 15 is 0 Å². The van der Waals surface area contributed by atoms with Crippen molar-refractivity contribution in [2.24, 2.45) is 5.73 Å². The summed E-state index contributed by atoms with van der Waals surface area (Å²) >= 11 is 0. The van der Waals surface area contributed by atoms with Crippen molar-refractivity contribution < 1.29 is 9.53 Å². The Bertz CT molecular complexity index is 399. The molecular weight excluding hydrogens is 226 g/mol. The van der Waals surface area contributed by atoms with Crippen LogP contribution in [0.3, 0.4) is 0 Å². The largest absolute Gasteiger partial charge is 0.493 e. The van der Waals surface area contributed by atoms with Crippen LogP contribution in [0.2, 0.25) is 0 Å². The molecule has 2 N–H and O–H groups in total. The maximum Gasteiger partial charge on any atom is 0.248 e. The molecule has 0 fully saturated rings. The molecule has 1 aromatic carbocycles. The van der Waals surface area contributed by atoms with E-state index in [9.17, 15) is 4.79 Å². The van der Waals surface area contributed by atoms with Gasteiger partial charge in [0.05, 0.1) is 6.61 Å². The van der Waals surface area contributed by atoms with Crippen molar-refractivity contribution in [3.8, 4) is 5.75 Å². The lowest BCUT2D eigenvalue weighted by Crippen LogP contribution is -2.10. The lowest BCUT2D eigenvalue weighted by molar-refractivity contribution is 0.1000. The van der Waals surface area contributed by atoms with Gasteiger partial charge in [-0.15, -0.1) is 0 Å². The lowest BCUT2D eigenvalue weighted by Gasteiger charge is -2.05. The Kier molecular flexibility index (Phi) is 6.62. The highest BCUT2D eigenvalue weighted by Crippen LogP contribution is 2.13. The number of hydrogen-bond donors (Lipinski definition) is 1. The average molecular weight is 247 g/mol. The van der Waals surface area contributed by atoms with E-state index in [4.69, 9.17) is 10.5 Å². The number of hydrogen-bond acceptors (Lipinski definition) is 2. The third-order valence-electron chi connectivity index (χ3n) is 2.56. The molecule has 0 saturated carbocycles. The van der Waals surface area contributed by atoms with Gasteiger partial charge in [0.1, 0.15) is 5.75 Å². The minimum atomic E-state index is -0.431. The van der Waals surface area contributed by atoms with Crippen LogP contribution >= 0.6 is 0 Å². The highest BCUT2D eigenvalue weighted by atomic mass is 16.5. The fraction of sp³-hybridized carbons (Fsp3) is 0.400. The Morgan fingerprint density at radius 3 is 2.83 bits per heavy atom. The van der Waals surface area contributed by atoms with Gasteiger partial charge in [-0.05, 0) is 31.0 Å². The number of carbonyl (C=O) groups is 1. The van der Waals surface area contributed by atoms with Crippen molar-refractivity contribution in [1.82, 2.24) is 0 Å². The maximum absolute atomic E-state index is 11.0. The van der Waals surface area contributed by atoms with Gasteiger partial charge < -0.3 is 10.5 Å². The van der Waals surface area contributed by atoms with Crippen molar-refractivity contribution in [2.75, 3.05) is 6.61 Å². The highest BCUT2D eigenvalue weighted by Gasteiger charge is 2.01. The zero-order valence-corrected chi connectivity index (χ0v) is 10.9. The van der Waals surface area contributed by atoms with Crippen LogP contribution in [-0.4, -0.2) is 12.5 Å². The molecule has 0 aliphatic heterocycles. The Hall–Kier alpha value is -1.77. The predicted octanol–water partition coefficient (Wildman–Crippen LogP) is 3.30. The number of amides is 1. The molecule has 0 heterocycles. The molecule has 0 aliphatic carbocycles. The predicted molar refractivity (Wildman–Crippen MR) is 73.7 cm³/mol. The van der Waals surface area contributed by atoms with Crippen LogP contribution in [0.5, 0.6) is 5.75 Å². The molecule has 0 spiro atoms. The van der Waals surface area contributed by atoms with Crippen molar-refractivity contribution in [1.29, 1.82) is 0 Å². The quantitative estimate of drug-likeness (QED) is 0.566. The number of rotatable bonds is 8. The molecule has 0 aliphatic rings. The van der Waals surface area contributed by atoms with Crippen LogP contribution in [0.1, 0.15) is 43.0 Å². The monoisotopic (exact) mass is 247 g/mol. The SMILES string of the molecule is CCCC/C=C/CCOc1cccc(C(N)=O)c1. The average Bonchev–Trinajstić information content (AvgIpc) is 2.38. The second-order valence-corrected chi connectivity index (χ2v) is 4.14. The van der Waals surface area contributed by atoms with E-state index in [1.54, 1.807) is 18.2 Å². The molecule has 18 heavy (non-hydrogen) atoms. The molecule has 3 nitrogen and oxygen atoms in total. The first kappa shape index (κ1) is 14.3. The van der Waals surface area contributed by atoms with Crippen LogP contribution in [0.4, 0.5) is 0 Å². The van der Waals surface area contributed by atoms with Gasteiger partial charge >= 0.3 is 0 Å². The summed E-state index contributed by atoms with van der Waals surface area (Å²) in [6.45, 7) is 2.80. The summed E-state index contributed by atoms with van der Waals surface area (Å²) in [4.78, 5) is 11.0. The first-order valence-electron chi connectivity index (χ1n) is 6.41. The minimum Gasteiger partial charge on any atom is -0.493 e. The summed E-state index contributed by atoms with van der Waals surface area (Å²) < 4.78 is 5.54.